The Hall–Kier alpha value is -2.08. The highest BCUT2D eigenvalue weighted by Crippen LogP contribution is 2.15. The summed E-state index contributed by atoms with van der Waals surface area (Å²) in [6.45, 7) is 3.39. The fourth-order valence-electron chi connectivity index (χ4n) is 1.85. The van der Waals surface area contributed by atoms with E-state index in [2.05, 4.69) is 16.0 Å². The molecule has 1 aromatic carbocycles. The van der Waals surface area contributed by atoms with Crippen molar-refractivity contribution in [3.63, 3.8) is 0 Å². The molecular weight excluding hydrogens is 282 g/mol. The number of benzene rings is 1. The number of hydrogen-bond donors (Lipinski definition) is 3. The van der Waals surface area contributed by atoms with Crippen LogP contribution in [0.25, 0.3) is 0 Å². The third-order valence-corrected chi connectivity index (χ3v) is 2.92. The molecule has 0 aromatic heterocycles. The zero-order valence-corrected chi connectivity index (χ0v) is 13.3. The van der Waals surface area contributed by atoms with E-state index in [4.69, 9.17) is 4.74 Å². The molecule has 0 saturated heterocycles. The van der Waals surface area contributed by atoms with Crippen molar-refractivity contribution in [3.8, 4) is 0 Å². The molecule has 0 aliphatic carbocycles. The number of anilines is 2. The second kappa shape index (κ2) is 10.6. The van der Waals surface area contributed by atoms with Crippen molar-refractivity contribution in [2.75, 3.05) is 37.4 Å². The molecule has 0 bridgehead atoms. The van der Waals surface area contributed by atoms with Crippen LogP contribution in [0, 0.1) is 0 Å². The van der Waals surface area contributed by atoms with Gasteiger partial charge in [0.2, 0.25) is 11.8 Å². The summed E-state index contributed by atoms with van der Waals surface area (Å²) in [7, 11) is 1.63. The Morgan fingerprint density at radius 1 is 1.18 bits per heavy atom. The van der Waals surface area contributed by atoms with Crippen molar-refractivity contribution >= 4 is 23.2 Å². The second-order valence-electron chi connectivity index (χ2n) is 4.93. The predicted molar refractivity (Wildman–Crippen MR) is 88.0 cm³/mol. The molecule has 0 radical (unpaired) electrons. The van der Waals surface area contributed by atoms with Crippen molar-refractivity contribution in [1.82, 2.24) is 5.32 Å². The first-order valence-electron chi connectivity index (χ1n) is 7.55. The van der Waals surface area contributed by atoms with Gasteiger partial charge in [-0.25, -0.2) is 0 Å². The maximum Gasteiger partial charge on any atom is 0.239 e. The summed E-state index contributed by atoms with van der Waals surface area (Å²) < 4.78 is 4.91. The Morgan fingerprint density at radius 3 is 2.68 bits per heavy atom. The molecule has 0 fully saturated rings. The molecule has 6 heteroatoms. The third kappa shape index (κ3) is 7.64. The van der Waals surface area contributed by atoms with Gasteiger partial charge in [-0.15, -0.1) is 0 Å². The molecule has 0 saturated carbocycles. The van der Waals surface area contributed by atoms with E-state index in [0.29, 0.717) is 19.6 Å². The molecule has 2 amide bonds. The summed E-state index contributed by atoms with van der Waals surface area (Å²) in [5.74, 6) is -0.0768. The van der Waals surface area contributed by atoms with E-state index in [0.717, 1.165) is 24.2 Å². The van der Waals surface area contributed by atoms with Gasteiger partial charge < -0.3 is 20.7 Å². The van der Waals surface area contributed by atoms with Crippen LogP contribution >= 0.6 is 0 Å². The SMILES string of the molecule is CCCC(=O)Nc1cccc(NCC(=O)NCCCOC)c1. The Labute approximate surface area is 131 Å². The number of carbonyl (C=O) groups excluding carboxylic acids is 2. The van der Waals surface area contributed by atoms with Gasteiger partial charge in [-0.2, -0.15) is 0 Å². The van der Waals surface area contributed by atoms with Crippen molar-refractivity contribution in [2.24, 2.45) is 0 Å². The lowest BCUT2D eigenvalue weighted by atomic mass is 10.2. The fraction of sp³-hybridized carbons (Fsp3) is 0.500. The van der Waals surface area contributed by atoms with Crippen molar-refractivity contribution in [2.45, 2.75) is 26.2 Å². The minimum Gasteiger partial charge on any atom is -0.385 e. The van der Waals surface area contributed by atoms with Crippen molar-refractivity contribution < 1.29 is 14.3 Å². The van der Waals surface area contributed by atoms with Gasteiger partial charge in [-0.1, -0.05) is 13.0 Å². The molecule has 3 N–H and O–H groups in total. The van der Waals surface area contributed by atoms with Gasteiger partial charge in [0.25, 0.3) is 0 Å². The Bertz CT molecular complexity index is 477. The highest BCUT2D eigenvalue weighted by atomic mass is 16.5. The summed E-state index contributed by atoms with van der Waals surface area (Å²) in [6, 6.07) is 7.32. The molecule has 122 valence electrons. The number of ether oxygens (including phenoxy) is 1. The van der Waals surface area contributed by atoms with E-state index in [1.54, 1.807) is 7.11 Å². The maximum absolute atomic E-state index is 11.6. The van der Waals surface area contributed by atoms with Crippen LogP contribution in [-0.4, -0.2) is 38.6 Å². The molecule has 1 rings (SSSR count). The zero-order valence-electron chi connectivity index (χ0n) is 13.3. The second-order valence-corrected chi connectivity index (χ2v) is 4.93. The molecule has 6 nitrogen and oxygen atoms in total. The summed E-state index contributed by atoms with van der Waals surface area (Å²) in [6.07, 6.45) is 2.11. The average Bonchev–Trinajstić information content (AvgIpc) is 2.50. The third-order valence-electron chi connectivity index (χ3n) is 2.92. The molecule has 0 unspecified atom stereocenters. The maximum atomic E-state index is 11.6. The minimum absolute atomic E-state index is 0.00413. The number of hydrogen-bond acceptors (Lipinski definition) is 4. The number of amides is 2. The topological polar surface area (TPSA) is 79.5 Å². The quantitative estimate of drug-likeness (QED) is 0.578. The normalized spacial score (nSPS) is 10.1. The van der Waals surface area contributed by atoms with Crippen molar-refractivity contribution in [1.29, 1.82) is 0 Å². The van der Waals surface area contributed by atoms with Crippen LogP contribution in [0.4, 0.5) is 11.4 Å². The van der Waals surface area contributed by atoms with E-state index in [1.807, 2.05) is 31.2 Å². The standard InChI is InChI=1S/C16H25N3O3/c1-3-6-15(20)19-14-8-4-7-13(11-14)18-12-16(21)17-9-5-10-22-2/h4,7-8,11,18H,3,5-6,9-10,12H2,1-2H3,(H,17,21)(H,19,20). The Balaban J connectivity index is 2.36. The van der Waals surface area contributed by atoms with Crippen LogP contribution in [0.5, 0.6) is 0 Å². The van der Waals surface area contributed by atoms with E-state index < -0.39 is 0 Å². The smallest absolute Gasteiger partial charge is 0.239 e. The van der Waals surface area contributed by atoms with E-state index in [-0.39, 0.29) is 18.4 Å². The molecule has 1 aromatic rings. The van der Waals surface area contributed by atoms with Crippen LogP contribution in [0.15, 0.2) is 24.3 Å². The highest BCUT2D eigenvalue weighted by molar-refractivity contribution is 5.91. The largest absolute Gasteiger partial charge is 0.385 e. The van der Waals surface area contributed by atoms with Crippen LogP contribution < -0.4 is 16.0 Å². The lowest BCUT2D eigenvalue weighted by Gasteiger charge is -2.10. The first-order chi connectivity index (χ1) is 10.7. The minimum atomic E-state index is -0.0727. The van der Waals surface area contributed by atoms with E-state index in [1.165, 1.54) is 0 Å². The molecule has 0 heterocycles. The van der Waals surface area contributed by atoms with E-state index >= 15 is 0 Å². The van der Waals surface area contributed by atoms with Gasteiger partial charge in [0.15, 0.2) is 0 Å². The molecule has 0 atom stereocenters. The predicted octanol–water partition coefficient (Wildman–Crippen LogP) is 1.99. The molecule has 0 aliphatic heterocycles. The summed E-state index contributed by atoms with van der Waals surface area (Å²) in [5, 5.41) is 8.66. The van der Waals surface area contributed by atoms with Gasteiger partial charge in [0.1, 0.15) is 0 Å². The van der Waals surface area contributed by atoms with Crippen LogP contribution in [0.3, 0.4) is 0 Å². The number of nitrogens with one attached hydrogen (secondary N) is 3. The highest BCUT2D eigenvalue weighted by Gasteiger charge is 2.03. The summed E-state index contributed by atoms with van der Waals surface area (Å²) in [5.41, 5.74) is 1.52. The lowest BCUT2D eigenvalue weighted by molar-refractivity contribution is -0.119. The zero-order chi connectivity index (χ0) is 16.2. The average molecular weight is 307 g/mol. The number of methoxy groups -OCH3 is 1. The lowest BCUT2D eigenvalue weighted by Crippen LogP contribution is -2.31. The molecule has 0 aliphatic rings. The Kier molecular flexibility index (Phi) is 8.67. The van der Waals surface area contributed by atoms with Gasteiger partial charge >= 0.3 is 0 Å². The van der Waals surface area contributed by atoms with Crippen molar-refractivity contribution in [3.05, 3.63) is 24.3 Å². The monoisotopic (exact) mass is 307 g/mol. The Morgan fingerprint density at radius 2 is 1.95 bits per heavy atom. The van der Waals surface area contributed by atoms with Gasteiger partial charge in [-0.05, 0) is 31.0 Å². The van der Waals surface area contributed by atoms with Gasteiger partial charge in [0.05, 0.1) is 6.54 Å². The van der Waals surface area contributed by atoms with E-state index in [9.17, 15) is 9.59 Å². The summed E-state index contributed by atoms with van der Waals surface area (Å²) in [4.78, 5) is 23.2. The fourth-order valence-corrected chi connectivity index (χ4v) is 1.85. The summed E-state index contributed by atoms with van der Waals surface area (Å²) >= 11 is 0. The van der Waals surface area contributed by atoms with Crippen LogP contribution in [0.1, 0.15) is 26.2 Å². The molecule has 22 heavy (non-hydrogen) atoms. The van der Waals surface area contributed by atoms with Gasteiger partial charge in [0, 0.05) is 38.1 Å². The molecule has 0 spiro atoms. The first-order valence-corrected chi connectivity index (χ1v) is 7.55. The van der Waals surface area contributed by atoms with Crippen LogP contribution in [0.2, 0.25) is 0 Å². The van der Waals surface area contributed by atoms with Crippen LogP contribution in [-0.2, 0) is 14.3 Å². The number of carbonyl (C=O) groups is 2. The number of rotatable bonds is 10. The first kappa shape index (κ1) is 18.0. The molecular formula is C16H25N3O3. The van der Waals surface area contributed by atoms with Gasteiger partial charge in [-0.3, -0.25) is 9.59 Å².